The predicted octanol–water partition coefficient (Wildman–Crippen LogP) is 2.98. The summed E-state index contributed by atoms with van der Waals surface area (Å²) in [6.07, 6.45) is 2.42. The van der Waals surface area contributed by atoms with Gasteiger partial charge in [-0.3, -0.25) is 0 Å². The topological polar surface area (TPSA) is 20.2 Å². The van der Waals surface area contributed by atoms with Gasteiger partial charge in [0.1, 0.15) is 5.76 Å². The van der Waals surface area contributed by atoms with E-state index in [0.717, 1.165) is 0 Å². The van der Waals surface area contributed by atoms with Gasteiger partial charge < -0.3 is 5.11 Å². The Kier molecular flexibility index (Phi) is 3.41. The zero-order valence-corrected chi connectivity index (χ0v) is 6.71. The van der Waals surface area contributed by atoms with Crippen LogP contribution in [-0.4, -0.2) is 8.90 Å². The van der Waals surface area contributed by atoms with Crippen LogP contribution in [0.3, 0.4) is 0 Å². The maximum Gasteiger partial charge on any atom is 0.209 e. The van der Waals surface area contributed by atoms with Crippen molar-refractivity contribution in [2.24, 2.45) is 0 Å². The monoisotopic (exact) mass is 186 g/mol. The van der Waals surface area contributed by atoms with Crippen LogP contribution in [0.1, 0.15) is 0 Å². The number of halogens is 3. The molecule has 0 rings (SSSR count). The molecule has 0 aliphatic heterocycles. The van der Waals surface area contributed by atoms with Gasteiger partial charge in [-0.2, -0.15) is 0 Å². The standard InChI is InChI=1S/C5H5Cl3O/c1-4(9)2-3-5(6,7)8/h2-3,9H,1H2. The Morgan fingerprint density at radius 3 is 2.00 bits per heavy atom. The van der Waals surface area contributed by atoms with Crippen LogP contribution in [0, 0.1) is 0 Å². The van der Waals surface area contributed by atoms with Crippen LogP contribution in [0.4, 0.5) is 0 Å². The van der Waals surface area contributed by atoms with Crippen molar-refractivity contribution in [2.45, 2.75) is 3.79 Å². The van der Waals surface area contributed by atoms with Crippen molar-refractivity contribution >= 4 is 34.8 Å². The summed E-state index contributed by atoms with van der Waals surface area (Å²) in [7, 11) is 0. The molecule has 0 aliphatic rings. The lowest BCUT2D eigenvalue weighted by Gasteiger charge is -2.00. The summed E-state index contributed by atoms with van der Waals surface area (Å²) in [4.78, 5) is 0. The molecule has 0 aromatic rings. The highest BCUT2D eigenvalue weighted by Gasteiger charge is 2.13. The lowest BCUT2D eigenvalue weighted by molar-refractivity contribution is 0.435. The van der Waals surface area contributed by atoms with Crippen molar-refractivity contribution in [3.05, 3.63) is 24.5 Å². The van der Waals surface area contributed by atoms with E-state index in [1.165, 1.54) is 12.2 Å². The number of aliphatic hydroxyl groups is 1. The first-order valence-corrected chi connectivity index (χ1v) is 3.19. The van der Waals surface area contributed by atoms with E-state index in [1.54, 1.807) is 0 Å². The molecule has 0 aromatic carbocycles. The van der Waals surface area contributed by atoms with Gasteiger partial charge in [-0.1, -0.05) is 41.4 Å². The Hall–Kier alpha value is 0.150. The van der Waals surface area contributed by atoms with E-state index in [-0.39, 0.29) is 5.76 Å². The first-order chi connectivity index (χ1) is 3.92. The zero-order chi connectivity index (χ0) is 7.49. The van der Waals surface area contributed by atoms with Crippen LogP contribution in [0.15, 0.2) is 24.5 Å². The summed E-state index contributed by atoms with van der Waals surface area (Å²) in [5.74, 6) is -0.138. The van der Waals surface area contributed by atoms with E-state index in [2.05, 4.69) is 6.58 Å². The minimum absolute atomic E-state index is 0.138. The van der Waals surface area contributed by atoms with Crippen molar-refractivity contribution in [1.82, 2.24) is 0 Å². The molecule has 0 saturated heterocycles. The van der Waals surface area contributed by atoms with Gasteiger partial charge in [0.05, 0.1) is 0 Å². The van der Waals surface area contributed by atoms with Gasteiger partial charge in [0.2, 0.25) is 3.79 Å². The summed E-state index contributed by atoms with van der Waals surface area (Å²) in [6, 6.07) is 0. The molecular formula is C5H5Cl3O. The fourth-order valence-corrected chi connectivity index (χ4v) is 0.380. The molecule has 0 heterocycles. The van der Waals surface area contributed by atoms with E-state index in [9.17, 15) is 0 Å². The summed E-state index contributed by atoms with van der Waals surface area (Å²) in [5, 5.41) is 8.46. The van der Waals surface area contributed by atoms with Gasteiger partial charge in [-0.05, 0) is 12.2 Å². The molecule has 0 atom stereocenters. The third-order valence-corrected chi connectivity index (χ3v) is 0.843. The second kappa shape index (κ2) is 3.35. The summed E-state index contributed by atoms with van der Waals surface area (Å²) >= 11 is 15.8. The van der Waals surface area contributed by atoms with Crippen LogP contribution in [0.5, 0.6) is 0 Å². The number of aliphatic hydroxyl groups excluding tert-OH is 1. The molecule has 0 fully saturated rings. The van der Waals surface area contributed by atoms with Crippen LogP contribution < -0.4 is 0 Å². The minimum atomic E-state index is -1.45. The van der Waals surface area contributed by atoms with E-state index < -0.39 is 3.79 Å². The molecule has 9 heavy (non-hydrogen) atoms. The molecule has 0 saturated carbocycles. The maximum atomic E-state index is 8.46. The zero-order valence-electron chi connectivity index (χ0n) is 4.44. The average Bonchev–Trinajstić information content (AvgIpc) is 1.59. The highest BCUT2D eigenvalue weighted by molar-refractivity contribution is 6.68. The highest BCUT2D eigenvalue weighted by atomic mass is 35.6. The van der Waals surface area contributed by atoms with Crippen molar-refractivity contribution in [2.75, 3.05) is 0 Å². The Bertz CT molecular complexity index is 134. The molecule has 1 N–H and O–H groups in total. The van der Waals surface area contributed by atoms with Gasteiger partial charge >= 0.3 is 0 Å². The van der Waals surface area contributed by atoms with Gasteiger partial charge in [-0.15, -0.1) is 0 Å². The van der Waals surface area contributed by atoms with Crippen molar-refractivity contribution in [3.8, 4) is 0 Å². The molecule has 0 spiro atoms. The van der Waals surface area contributed by atoms with Crippen molar-refractivity contribution in [3.63, 3.8) is 0 Å². The van der Waals surface area contributed by atoms with Gasteiger partial charge in [0, 0.05) is 0 Å². The Labute approximate surface area is 68.5 Å². The average molecular weight is 187 g/mol. The SMILES string of the molecule is C=C(O)C=CC(Cl)(Cl)Cl. The first-order valence-electron chi connectivity index (χ1n) is 2.05. The maximum absolute atomic E-state index is 8.46. The molecule has 0 amide bonds. The molecule has 0 bridgehead atoms. The highest BCUT2D eigenvalue weighted by Crippen LogP contribution is 2.27. The van der Waals surface area contributed by atoms with E-state index in [4.69, 9.17) is 39.9 Å². The smallest absolute Gasteiger partial charge is 0.209 e. The number of hydrogen-bond acceptors (Lipinski definition) is 1. The number of allylic oxidation sites excluding steroid dienone is 2. The lowest BCUT2D eigenvalue weighted by atomic mass is 10.5. The Balaban J connectivity index is 3.86. The number of hydrogen-bond donors (Lipinski definition) is 1. The molecule has 0 aromatic heterocycles. The molecular weight excluding hydrogens is 182 g/mol. The molecule has 4 heteroatoms. The van der Waals surface area contributed by atoms with Crippen LogP contribution in [-0.2, 0) is 0 Å². The molecule has 0 radical (unpaired) electrons. The van der Waals surface area contributed by atoms with E-state index >= 15 is 0 Å². The van der Waals surface area contributed by atoms with Crippen LogP contribution >= 0.6 is 34.8 Å². The Morgan fingerprint density at radius 1 is 1.44 bits per heavy atom. The normalized spacial score (nSPS) is 12.3. The van der Waals surface area contributed by atoms with Gasteiger partial charge in [0.25, 0.3) is 0 Å². The molecule has 52 valence electrons. The Morgan fingerprint density at radius 2 is 1.89 bits per heavy atom. The van der Waals surface area contributed by atoms with Gasteiger partial charge in [-0.25, -0.2) is 0 Å². The predicted molar refractivity (Wildman–Crippen MR) is 41.2 cm³/mol. The number of alkyl halides is 3. The number of rotatable bonds is 1. The lowest BCUT2D eigenvalue weighted by Crippen LogP contribution is -1.93. The van der Waals surface area contributed by atoms with Crippen molar-refractivity contribution in [1.29, 1.82) is 0 Å². The third kappa shape index (κ3) is 8.15. The second-order valence-corrected chi connectivity index (χ2v) is 3.74. The quantitative estimate of drug-likeness (QED) is 0.380. The van der Waals surface area contributed by atoms with E-state index in [1.807, 2.05) is 0 Å². The van der Waals surface area contributed by atoms with Crippen molar-refractivity contribution < 1.29 is 5.11 Å². The van der Waals surface area contributed by atoms with Crippen LogP contribution in [0.25, 0.3) is 0 Å². The summed E-state index contributed by atoms with van der Waals surface area (Å²) in [5.41, 5.74) is 0. The summed E-state index contributed by atoms with van der Waals surface area (Å²) < 4.78 is -1.45. The first kappa shape index (κ1) is 9.15. The summed E-state index contributed by atoms with van der Waals surface area (Å²) in [6.45, 7) is 3.15. The fourth-order valence-electron chi connectivity index (χ4n) is 0.191. The molecule has 0 aliphatic carbocycles. The third-order valence-electron chi connectivity index (χ3n) is 0.465. The van der Waals surface area contributed by atoms with Crippen LogP contribution in [0.2, 0.25) is 0 Å². The molecule has 0 unspecified atom stereocenters. The largest absolute Gasteiger partial charge is 0.509 e. The minimum Gasteiger partial charge on any atom is -0.509 e. The molecule has 1 nitrogen and oxygen atoms in total. The van der Waals surface area contributed by atoms with Gasteiger partial charge in [0.15, 0.2) is 0 Å². The fraction of sp³-hybridized carbons (Fsp3) is 0.200. The van der Waals surface area contributed by atoms with E-state index in [0.29, 0.717) is 0 Å². The second-order valence-electron chi connectivity index (χ2n) is 1.37.